The third-order valence-corrected chi connectivity index (χ3v) is 6.68. The smallest absolute Gasteiger partial charge is 0.343 e. The van der Waals surface area contributed by atoms with Gasteiger partial charge in [-0.2, -0.15) is 0 Å². The number of rotatable bonds is 8. The molecule has 3 rings (SSSR count). The SMILES string of the molecule is COc1ccc(S(=O)(=O)c2ccc(OC(=O)c3cccc(CC(=O)C(C)C)c3)cc2)cc1. The molecule has 0 spiro atoms. The van der Waals surface area contributed by atoms with Crippen molar-refractivity contribution in [3.05, 3.63) is 83.9 Å². The lowest BCUT2D eigenvalue weighted by atomic mass is 10.00. The number of methoxy groups -OCH3 is 1. The second-order valence-electron chi connectivity index (χ2n) is 7.54. The maximum atomic E-state index is 12.8. The minimum Gasteiger partial charge on any atom is -0.497 e. The van der Waals surface area contributed by atoms with Crippen LogP contribution >= 0.6 is 0 Å². The van der Waals surface area contributed by atoms with Crippen LogP contribution < -0.4 is 9.47 Å². The van der Waals surface area contributed by atoms with Crippen LogP contribution in [0, 0.1) is 5.92 Å². The van der Waals surface area contributed by atoms with E-state index >= 15 is 0 Å². The number of hydrogen-bond donors (Lipinski definition) is 0. The van der Waals surface area contributed by atoms with Crippen molar-refractivity contribution in [2.75, 3.05) is 7.11 Å². The first-order valence-corrected chi connectivity index (χ1v) is 11.5. The Labute approximate surface area is 187 Å². The summed E-state index contributed by atoms with van der Waals surface area (Å²) in [6, 6.07) is 18.5. The monoisotopic (exact) mass is 452 g/mol. The lowest BCUT2D eigenvalue weighted by Crippen LogP contribution is -2.12. The Bertz CT molecular complexity index is 1210. The van der Waals surface area contributed by atoms with Gasteiger partial charge in [0.25, 0.3) is 0 Å². The molecular weight excluding hydrogens is 428 g/mol. The van der Waals surface area contributed by atoms with Gasteiger partial charge in [0.15, 0.2) is 0 Å². The summed E-state index contributed by atoms with van der Waals surface area (Å²) in [6.07, 6.45) is 0.247. The van der Waals surface area contributed by atoms with Crippen LogP contribution in [0.1, 0.15) is 29.8 Å². The molecule has 0 heterocycles. The fraction of sp³-hybridized carbons (Fsp3) is 0.200. The average Bonchev–Trinajstić information content (AvgIpc) is 2.79. The first kappa shape index (κ1) is 23.2. The molecule has 3 aromatic rings. The Hall–Kier alpha value is -3.45. The molecule has 32 heavy (non-hydrogen) atoms. The van der Waals surface area contributed by atoms with E-state index in [1.807, 2.05) is 13.8 Å². The van der Waals surface area contributed by atoms with Gasteiger partial charge in [-0.1, -0.05) is 26.0 Å². The maximum Gasteiger partial charge on any atom is 0.343 e. The first-order valence-electron chi connectivity index (χ1n) is 10.0. The quantitative estimate of drug-likeness (QED) is 0.369. The zero-order valence-corrected chi connectivity index (χ0v) is 18.9. The summed E-state index contributed by atoms with van der Waals surface area (Å²) in [4.78, 5) is 24.7. The molecule has 0 radical (unpaired) electrons. The molecule has 0 unspecified atom stereocenters. The van der Waals surface area contributed by atoms with E-state index in [9.17, 15) is 18.0 Å². The molecule has 0 saturated heterocycles. The van der Waals surface area contributed by atoms with E-state index in [0.717, 1.165) is 5.56 Å². The van der Waals surface area contributed by atoms with Gasteiger partial charge in [-0.25, -0.2) is 13.2 Å². The normalized spacial score (nSPS) is 11.2. The number of benzene rings is 3. The van der Waals surface area contributed by atoms with Gasteiger partial charge in [0.2, 0.25) is 9.84 Å². The van der Waals surface area contributed by atoms with Crippen molar-refractivity contribution >= 4 is 21.6 Å². The number of carbonyl (C=O) groups excluding carboxylic acids is 2. The number of carbonyl (C=O) groups is 2. The Morgan fingerprint density at radius 2 is 1.41 bits per heavy atom. The highest BCUT2D eigenvalue weighted by Gasteiger charge is 2.18. The number of Topliss-reactive ketones (excluding diaryl/α,β-unsaturated/α-hetero) is 1. The van der Waals surface area contributed by atoms with E-state index in [0.29, 0.717) is 11.3 Å². The standard InChI is InChI=1S/C25H24O6S/c1-17(2)24(26)16-18-5-4-6-19(15-18)25(27)31-21-9-13-23(14-10-21)32(28,29)22-11-7-20(30-3)8-12-22/h4-15,17H,16H2,1-3H3. The van der Waals surface area contributed by atoms with E-state index in [2.05, 4.69) is 0 Å². The van der Waals surface area contributed by atoms with Crippen molar-refractivity contribution in [3.63, 3.8) is 0 Å². The largest absolute Gasteiger partial charge is 0.497 e. The lowest BCUT2D eigenvalue weighted by molar-refractivity contribution is -0.121. The van der Waals surface area contributed by atoms with Crippen LogP contribution in [0.15, 0.2) is 82.6 Å². The molecule has 0 aromatic heterocycles. The number of esters is 1. The van der Waals surface area contributed by atoms with Crippen molar-refractivity contribution < 1.29 is 27.5 Å². The molecule has 0 bridgehead atoms. The van der Waals surface area contributed by atoms with E-state index in [4.69, 9.17) is 9.47 Å². The molecule has 0 aliphatic carbocycles. The molecule has 0 aliphatic rings. The predicted molar refractivity (Wildman–Crippen MR) is 120 cm³/mol. The summed E-state index contributed by atoms with van der Waals surface area (Å²) in [7, 11) is -2.21. The topological polar surface area (TPSA) is 86.7 Å². The fourth-order valence-corrected chi connectivity index (χ4v) is 4.22. The number of ketones is 1. The van der Waals surface area contributed by atoms with Crippen LogP contribution in [0.5, 0.6) is 11.5 Å². The molecule has 166 valence electrons. The first-order chi connectivity index (χ1) is 15.2. The second kappa shape index (κ2) is 9.78. The van der Waals surface area contributed by atoms with Gasteiger partial charge in [-0.3, -0.25) is 4.79 Å². The van der Waals surface area contributed by atoms with E-state index in [-0.39, 0.29) is 33.7 Å². The summed E-state index contributed by atoms with van der Waals surface area (Å²) in [5.74, 6) is 0.188. The number of hydrogen-bond acceptors (Lipinski definition) is 6. The second-order valence-corrected chi connectivity index (χ2v) is 9.49. The van der Waals surface area contributed by atoms with E-state index in [1.165, 1.54) is 43.5 Å². The molecular formula is C25H24O6S. The highest BCUT2D eigenvalue weighted by molar-refractivity contribution is 7.91. The predicted octanol–water partition coefficient (Wildman–Crippen LogP) is 4.51. The Balaban J connectivity index is 1.73. The van der Waals surface area contributed by atoms with Gasteiger partial charge in [-0.15, -0.1) is 0 Å². The van der Waals surface area contributed by atoms with Crippen LogP contribution in [0.2, 0.25) is 0 Å². The molecule has 0 aliphatic heterocycles. The van der Waals surface area contributed by atoms with Crippen LogP contribution in [-0.4, -0.2) is 27.3 Å². The van der Waals surface area contributed by atoms with Crippen molar-refractivity contribution in [1.82, 2.24) is 0 Å². The zero-order valence-electron chi connectivity index (χ0n) is 18.1. The highest BCUT2D eigenvalue weighted by Crippen LogP contribution is 2.25. The van der Waals surface area contributed by atoms with Gasteiger partial charge in [-0.05, 0) is 66.2 Å². The molecule has 0 saturated carbocycles. The van der Waals surface area contributed by atoms with Crippen molar-refractivity contribution in [1.29, 1.82) is 0 Å². The lowest BCUT2D eigenvalue weighted by Gasteiger charge is -2.09. The third kappa shape index (κ3) is 5.42. The maximum absolute atomic E-state index is 12.8. The summed E-state index contributed by atoms with van der Waals surface area (Å²) in [6.45, 7) is 3.66. The molecule has 3 aromatic carbocycles. The molecule has 0 atom stereocenters. The highest BCUT2D eigenvalue weighted by atomic mass is 32.2. The van der Waals surface area contributed by atoms with E-state index in [1.54, 1.807) is 36.4 Å². The van der Waals surface area contributed by atoms with Gasteiger partial charge in [0.1, 0.15) is 17.3 Å². The van der Waals surface area contributed by atoms with Crippen molar-refractivity contribution in [3.8, 4) is 11.5 Å². The summed E-state index contributed by atoms with van der Waals surface area (Å²) in [5, 5.41) is 0. The van der Waals surface area contributed by atoms with E-state index < -0.39 is 15.8 Å². The minimum atomic E-state index is -3.71. The molecule has 0 fully saturated rings. The van der Waals surface area contributed by atoms with Crippen LogP contribution in [0.4, 0.5) is 0 Å². The number of sulfone groups is 1. The molecule has 6 nitrogen and oxygen atoms in total. The van der Waals surface area contributed by atoms with Gasteiger partial charge in [0, 0.05) is 12.3 Å². The van der Waals surface area contributed by atoms with Gasteiger partial charge < -0.3 is 9.47 Å². The average molecular weight is 453 g/mol. The summed E-state index contributed by atoms with van der Waals surface area (Å²) >= 11 is 0. The molecule has 0 amide bonds. The zero-order chi connectivity index (χ0) is 23.3. The summed E-state index contributed by atoms with van der Waals surface area (Å²) in [5.41, 5.74) is 1.05. The van der Waals surface area contributed by atoms with Gasteiger partial charge in [0.05, 0.1) is 22.5 Å². The van der Waals surface area contributed by atoms with Gasteiger partial charge >= 0.3 is 5.97 Å². The number of ether oxygens (including phenoxy) is 2. The van der Waals surface area contributed by atoms with Crippen LogP contribution in [0.3, 0.4) is 0 Å². The Kier molecular flexibility index (Phi) is 7.10. The Morgan fingerprint density at radius 1 is 0.844 bits per heavy atom. The third-order valence-electron chi connectivity index (χ3n) is 4.90. The van der Waals surface area contributed by atoms with Crippen LogP contribution in [-0.2, 0) is 21.1 Å². The summed E-state index contributed by atoms with van der Waals surface area (Å²) < 4.78 is 36.0. The van der Waals surface area contributed by atoms with Crippen molar-refractivity contribution in [2.45, 2.75) is 30.1 Å². The molecule has 0 N–H and O–H groups in total. The minimum absolute atomic E-state index is 0.0802. The Morgan fingerprint density at radius 3 is 1.94 bits per heavy atom. The molecule has 7 heteroatoms. The van der Waals surface area contributed by atoms with Crippen molar-refractivity contribution in [2.24, 2.45) is 5.92 Å². The fourth-order valence-electron chi connectivity index (χ4n) is 2.96. The van der Waals surface area contributed by atoms with Crippen LogP contribution in [0.25, 0.3) is 0 Å².